The maximum absolute atomic E-state index is 11.8. The first kappa shape index (κ1) is 18.2. The minimum Gasteiger partial charge on any atom is -0.351 e. The van der Waals surface area contributed by atoms with Crippen molar-refractivity contribution in [2.45, 2.75) is 53.0 Å². The minimum atomic E-state index is -0.195. The van der Waals surface area contributed by atoms with Crippen molar-refractivity contribution < 1.29 is 0 Å². The van der Waals surface area contributed by atoms with Crippen molar-refractivity contribution >= 4 is 11.6 Å². The molecule has 6 nitrogen and oxygen atoms in total. The summed E-state index contributed by atoms with van der Waals surface area (Å²) in [5.41, 5.74) is 2.64. The van der Waals surface area contributed by atoms with Gasteiger partial charge in [0.15, 0.2) is 11.5 Å². The van der Waals surface area contributed by atoms with Crippen molar-refractivity contribution in [1.29, 1.82) is 0 Å². The third kappa shape index (κ3) is 3.64. The number of fused-ring (bicyclic) bond motifs is 1. The molecular formula is C20H27N5O. The first-order valence-electron chi connectivity index (χ1n) is 9.02. The number of H-pyrrole nitrogens is 1. The number of aromatic nitrogens is 4. The van der Waals surface area contributed by atoms with Crippen LogP contribution in [0.3, 0.4) is 0 Å². The maximum Gasteiger partial charge on any atom is 0.266 e. The van der Waals surface area contributed by atoms with E-state index in [4.69, 9.17) is 0 Å². The summed E-state index contributed by atoms with van der Waals surface area (Å²) in [7, 11) is 0. The van der Waals surface area contributed by atoms with Crippen LogP contribution in [-0.2, 0) is 5.41 Å². The number of nitrogens with zero attached hydrogens (tertiary/aromatic N) is 3. The molecule has 3 rings (SSSR count). The Morgan fingerprint density at radius 2 is 1.73 bits per heavy atom. The SMILES string of the molecule is CC(C)C(C)Nc1nc(-c2ccc(C(C)(C)C)cc2)nc2cc(=O)[nH]n12. The van der Waals surface area contributed by atoms with Gasteiger partial charge in [-0.15, -0.1) is 0 Å². The number of benzene rings is 1. The Kier molecular flexibility index (Phi) is 4.61. The van der Waals surface area contributed by atoms with Crippen molar-refractivity contribution in [3.05, 3.63) is 46.2 Å². The average molecular weight is 353 g/mol. The smallest absolute Gasteiger partial charge is 0.266 e. The number of rotatable bonds is 4. The molecule has 26 heavy (non-hydrogen) atoms. The molecule has 1 unspecified atom stereocenters. The highest BCUT2D eigenvalue weighted by molar-refractivity contribution is 5.60. The molecule has 3 aromatic rings. The molecule has 0 radical (unpaired) electrons. The molecule has 0 saturated carbocycles. The summed E-state index contributed by atoms with van der Waals surface area (Å²) in [4.78, 5) is 21.0. The minimum absolute atomic E-state index is 0.0940. The lowest BCUT2D eigenvalue weighted by molar-refractivity contribution is 0.554. The van der Waals surface area contributed by atoms with Crippen LogP contribution in [0.4, 0.5) is 5.95 Å². The van der Waals surface area contributed by atoms with Crippen molar-refractivity contribution in [3.8, 4) is 11.4 Å². The van der Waals surface area contributed by atoms with Crippen LogP contribution in [0.2, 0.25) is 0 Å². The molecule has 0 aliphatic rings. The topological polar surface area (TPSA) is 75.1 Å². The Morgan fingerprint density at radius 3 is 2.31 bits per heavy atom. The molecule has 0 aliphatic heterocycles. The lowest BCUT2D eigenvalue weighted by Crippen LogP contribution is -2.24. The van der Waals surface area contributed by atoms with E-state index in [0.29, 0.717) is 23.3 Å². The first-order chi connectivity index (χ1) is 12.1. The van der Waals surface area contributed by atoms with E-state index >= 15 is 0 Å². The average Bonchev–Trinajstić information content (AvgIpc) is 2.94. The normalized spacial score (nSPS) is 13.3. The van der Waals surface area contributed by atoms with Gasteiger partial charge in [-0.3, -0.25) is 9.89 Å². The predicted molar refractivity (Wildman–Crippen MR) is 106 cm³/mol. The summed E-state index contributed by atoms with van der Waals surface area (Å²) >= 11 is 0. The second kappa shape index (κ2) is 6.59. The molecule has 6 heteroatoms. The first-order valence-corrected chi connectivity index (χ1v) is 9.02. The van der Waals surface area contributed by atoms with Crippen LogP contribution in [-0.4, -0.2) is 25.6 Å². The number of nitrogens with one attached hydrogen (secondary N) is 2. The van der Waals surface area contributed by atoms with Gasteiger partial charge in [-0.25, -0.2) is 9.50 Å². The van der Waals surface area contributed by atoms with Gasteiger partial charge in [-0.05, 0) is 23.8 Å². The number of hydrogen-bond donors (Lipinski definition) is 2. The molecular weight excluding hydrogens is 326 g/mol. The molecule has 0 bridgehead atoms. The van der Waals surface area contributed by atoms with Gasteiger partial charge in [-0.2, -0.15) is 4.98 Å². The van der Waals surface area contributed by atoms with Gasteiger partial charge in [0.1, 0.15) is 0 Å². The van der Waals surface area contributed by atoms with Gasteiger partial charge < -0.3 is 5.32 Å². The largest absolute Gasteiger partial charge is 0.351 e. The third-order valence-corrected chi connectivity index (χ3v) is 4.72. The van der Waals surface area contributed by atoms with Crippen molar-refractivity contribution in [2.75, 3.05) is 5.32 Å². The molecule has 1 atom stereocenters. The van der Waals surface area contributed by atoms with Crippen LogP contribution in [0, 0.1) is 5.92 Å². The highest BCUT2D eigenvalue weighted by Gasteiger charge is 2.16. The van der Waals surface area contributed by atoms with Crippen LogP contribution in [0.15, 0.2) is 35.1 Å². The summed E-state index contributed by atoms with van der Waals surface area (Å²) in [6.07, 6.45) is 0. The van der Waals surface area contributed by atoms with E-state index in [1.807, 2.05) is 12.1 Å². The highest BCUT2D eigenvalue weighted by Crippen LogP contribution is 2.25. The second-order valence-corrected chi connectivity index (χ2v) is 8.19. The van der Waals surface area contributed by atoms with Gasteiger partial charge in [0.25, 0.3) is 5.56 Å². The summed E-state index contributed by atoms with van der Waals surface area (Å²) in [5.74, 6) is 1.62. The molecule has 0 spiro atoms. The highest BCUT2D eigenvalue weighted by atomic mass is 16.1. The van der Waals surface area contributed by atoms with E-state index < -0.39 is 0 Å². The summed E-state index contributed by atoms with van der Waals surface area (Å²) in [6.45, 7) is 12.9. The van der Waals surface area contributed by atoms with Crippen LogP contribution in [0.5, 0.6) is 0 Å². The van der Waals surface area contributed by atoms with E-state index in [-0.39, 0.29) is 17.0 Å². The Labute approximate surface area is 153 Å². The van der Waals surface area contributed by atoms with Crippen molar-refractivity contribution in [3.63, 3.8) is 0 Å². The fourth-order valence-electron chi connectivity index (χ4n) is 2.62. The lowest BCUT2D eigenvalue weighted by Gasteiger charge is -2.20. The van der Waals surface area contributed by atoms with Crippen LogP contribution in [0.25, 0.3) is 17.0 Å². The zero-order valence-electron chi connectivity index (χ0n) is 16.3. The van der Waals surface area contributed by atoms with Gasteiger partial charge in [0, 0.05) is 17.7 Å². The molecule has 0 fully saturated rings. The molecule has 2 aromatic heterocycles. The Bertz CT molecular complexity index is 961. The zero-order valence-corrected chi connectivity index (χ0v) is 16.3. The Balaban J connectivity index is 2.07. The molecule has 2 N–H and O–H groups in total. The predicted octanol–water partition coefficient (Wildman–Crippen LogP) is 3.84. The molecule has 0 saturated heterocycles. The van der Waals surface area contributed by atoms with Gasteiger partial charge in [0.05, 0.1) is 0 Å². The Hall–Kier alpha value is -2.63. The number of hydrogen-bond acceptors (Lipinski definition) is 4. The van der Waals surface area contributed by atoms with Crippen LogP contribution >= 0.6 is 0 Å². The van der Waals surface area contributed by atoms with Gasteiger partial charge in [-0.1, -0.05) is 58.9 Å². The van der Waals surface area contributed by atoms with Gasteiger partial charge >= 0.3 is 0 Å². The van der Waals surface area contributed by atoms with E-state index in [1.54, 1.807) is 4.52 Å². The fraction of sp³-hybridized carbons (Fsp3) is 0.450. The second-order valence-electron chi connectivity index (χ2n) is 8.19. The van der Waals surface area contributed by atoms with Crippen molar-refractivity contribution in [1.82, 2.24) is 19.6 Å². The zero-order chi connectivity index (χ0) is 19.1. The fourth-order valence-corrected chi connectivity index (χ4v) is 2.62. The molecule has 138 valence electrons. The third-order valence-electron chi connectivity index (χ3n) is 4.72. The van der Waals surface area contributed by atoms with Gasteiger partial charge in [0.2, 0.25) is 5.95 Å². The lowest BCUT2D eigenvalue weighted by atomic mass is 9.87. The number of anilines is 1. The van der Waals surface area contributed by atoms with E-state index in [9.17, 15) is 4.79 Å². The van der Waals surface area contributed by atoms with Crippen LogP contribution < -0.4 is 10.9 Å². The number of aromatic amines is 1. The Morgan fingerprint density at radius 1 is 1.08 bits per heavy atom. The van der Waals surface area contributed by atoms with E-state index in [0.717, 1.165) is 5.56 Å². The molecule has 1 aromatic carbocycles. The molecule has 0 aliphatic carbocycles. The quantitative estimate of drug-likeness (QED) is 0.747. The summed E-state index contributed by atoms with van der Waals surface area (Å²) < 4.78 is 1.61. The standard InChI is InChI=1S/C20H27N5O/c1-12(2)13(3)21-19-23-18(22-16-11-17(26)24-25(16)19)14-7-9-15(10-8-14)20(4,5)6/h7-13H,1-6H3,(H,24,26)(H,21,22,23). The van der Waals surface area contributed by atoms with E-state index in [1.165, 1.54) is 11.6 Å². The molecule has 2 heterocycles. The monoisotopic (exact) mass is 353 g/mol. The van der Waals surface area contributed by atoms with Crippen molar-refractivity contribution in [2.24, 2.45) is 5.92 Å². The van der Waals surface area contributed by atoms with Crippen LogP contribution in [0.1, 0.15) is 47.1 Å². The molecule has 0 amide bonds. The maximum atomic E-state index is 11.8. The summed E-state index contributed by atoms with van der Waals surface area (Å²) in [5, 5.41) is 6.14. The van der Waals surface area contributed by atoms with E-state index in [2.05, 4.69) is 74.1 Å². The summed E-state index contributed by atoms with van der Waals surface area (Å²) in [6, 6.07) is 9.97.